The Morgan fingerprint density at radius 1 is 1.17 bits per heavy atom. The van der Waals surface area contributed by atoms with Crippen LogP contribution in [0.25, 0.3) is 0 Å². The predicted molar refractivity (Wildman–Crippen MR) is 68.1 cm³/mol. The lowest BCUT2D eigenvalue weighted by atomic mass is 10.2. The molecule has 0 saturated heterocycles. The van der Waals surface area contributed by atoms with Crippen molar-refractivity contribution in [3.63, 3.8) is 0 Å². The van der Waals surface area contributed by atoms with E-state index < -0.39 is 0 Å². The van der Waals surface area contributed by atoms with Crippen molar-refractivity contribution in [1.82, 2.24) is 0 Å². The summed E-state index contributed by atoms with van der Waals surface area (Å²) in [4.78, 5) is 0. The number of rotatable bonds is 4. The van der Waals surface area contributed by atoms with Gasteiger partial charge in [-0.3, -0.25) is 0 Å². The highest BCUT2D eigenvalue weighted by molar-refractivity contribution is 5.47. The third-order valence-corrected chi connectivity index (χ3v) is 2.49. The Kier molecular flexibility index (Phi) is 3.67. The summed E-state index contributed by atoms with van der Waals surface area (Å²) in [5.74, 6) is 0.840. The Morgan fingerprint density at radius 2 is 2.00 bits per heavy atom. The summed E-state index contributed by atoms with van der Waals surface area (Å²) < 4.78 is 23.7. The molecule has 0 saturated carbocycles. The standard InChI is InChI=1S/C14H14FNO2/c1-17-14-6-5-12(16)7-10(14)9-18-13-4-2-3-11(15)8-13/h2-8H,9,16H2,1H3. The van der Waals surface area contributed by atoms with Crippen LogP contribution in [0.3, 0.4) is 0 Å². The van der Waals surface area contributed by atoms with E-state index >= 15 is 0 Å². The topological polar surface area (TPSA) is 44.5 Å². The van der Waals surface area contributed by atoms with Crippen molar-refractivity contribution < 1.29 is 13.9 Å². The van der Waals surface area contributed by atoms with Crippen molar-refractivity contribution in [2.45, 2.75) is 6.61 Å². The summed E-state index contributed by atoms with van der Waals surface area (Å²) >= 11 is 0. The summed E-state index contributed by atoms with van der Waals surface area (Å²) in [7, 11) is 1.58. The van der Waals surface area contributed by atoms with Crippen molar-refractivity contribution in [3.8, 4) is 11.5 Å². The van der Waals surface area contributed by atoms with E-state index in [0.717, 1.165) is 5.56 Å². The zero-order valence-electron chi connectivity index (χ0n) is 10.0. The van der Waals surface area contributed by atoms with Gasteiger partial charge in [0.15, 0.2) is 0 Å². The molecule has 94 valence electrons. The molecule has 2 N–H and O–H groups in total. The molecule has 2 aromatic carbocycles. The molecular formula is C14H14FNO2. The lowest BCUT2D eigenvalue weighted by Gasteiger charge is -2.11. The van der Waals surface area contributed by atoms with Gasteiger partial charge in [-0.05, 0) is 30.3 Å². The van der Waals surface area contributed by atoms with Crippen molar-refractivity contribution in [3.05, 3.63) is 53.8 Å². The summed E-state index contributed by atoms with van der Waals surface area (Å²) in [6.07, 6.45) is 0. The molecule has 0 atom stereocenters. The first kappa shape index (κ1) is 12.2. The quantitative estimate of drug-likeness (QED) is 0.845. The molecule has 3 nitrogen and oxygen atoms in total. The van der Waals surface area contributed by atoms with Crippen molar-refractivity contribution in [2.75, 3.05) is 12.8 Å². The van der Waals surface area contributed by atoms with E-state index in [0.29, 0.717) is 17.2 Å². The number of hydrogen-bond donors (Lipinski definition) is 1. The Hall–Kier alpha value is -2.23. The number of nitrogens with two attached hydrogens (primary N) is 1. The summed E-state index contributed by atoms with van der Waals surface area (Å²) in [5, 5.41) is 0. The van der Waals surface area contributed by atoms with Gasteiger partial charge in [-0.1, -0.05) is 6.07 Å². The van der Waals surface area contributed by atoms with E-state index in [4.69, 9.17) is 15.2 Å². The van der Waals surface area contributed by atoms with E-state index in [9.17, 15) is 4.39 Å². The minimum absolute atomic E-state index is 0.275. The van der Waals surface area contributed by atoms with E-state index in [1.54, 1.807) is 37.4 Å². The zero-order chi connectivity index (χ0) is 13.0. The average Bonchev–Trinajstić information content (AvgIpc) is 2.37. The summed E-state index contributed by atoms with van der Waals surface area (Å²) in [6, 6.07) is 11.3. The summed E-state index contributed by atoms with van der Waals surface area (Å²) in [6.45, 7) is 0.275. The minimum atomic E-state index is -0.327. The molecule has 18 heavy (non-hydrogen) atoms. The summed E-state index contributed by atoms with van der Waals surface area (Å²) in [5.41, 5.74) is 7.16. The molecule has 4 heteroatoms. The molecule has 2 aromatic rings. The molecule has 0 aromatic heterocycles. The van der Waals surface area contributed by atoms with Crippen LogP contribution in [0.2, 0.25) is 0 Å². The number of anilines is 1. The van der Waals surface area contributed by atoms with Gasteiger partial charge in [0, 0.05) is 17.3 Å². The van der Waals surface area contributed by atoms with Crippen LogP contribution in [-0.4, -0.2) is 7.11 Å². The van der Waals surface area contributed by atoms with Gasteiger partial charge < -0.3 is 15.2 Å². The molecule has 0 spiro atoms. The van der Waals surface area contributed by atoms with E-state index in [1.165, 1.54) is 12.1 Å². The normalized spacial score (nSPS) is 10.1. The van der Waals surface area contributed by atoms with Crippen LogP contribution in [-0.2, 0) is 6.61 Å². The largest absolute Gasteiger partial charge is 0.496 e. The fourth-order valence-corrected chi connectivity index (χ4v) is 1.63. The molecule has 0 aliphatic heterocycles. The zero-order valence-corrected chi connectivity index (χ0v) is 10.0. The van der Waals surface area contributed by atoms with Crippen LogP contribution in [0.1, 0.15) is 5.56 Å². The van der Waals surface area contributed by atoms with Gasteiger partial charge in [-0.25, -0.2) is 4.39 Å². The lowest BCUT2D eigenvalue weighted by molar-refractivity contribution is 0.295. The number of hydrogen-bond acceptors (Lipinski definition) is 3. The van der Waals surface area contributed by atoms with Crippen LogP contribution in [0, 0.1) is 5.82 Å². The second-order valence-corrected chi connectivity index (χ2v) is 3.82. The van der Waals surface area contributed by atoms with E-state index in [1.807, 2.05) is 0 Å². The average molecular weight is 247 g/mol. The number of methoxy groups -OCH3 is 1. The van der Waals surface area contributed by atoms with Crippen LogP contribution >= 0.6 is 0 Å². The van der Waals surface area contributed by atoms with Gasteiger partial charge >= 0.3 is 0 Å². The minimum Gasteiger partial charge on any atom is -0.496 e. The Labute approximate surface area is 105 Å². The molecule has 2 rings (SSSR count). The van der Waals surface area contributed by atoms with Crippen LogP contribution < -0.4 is 15.2 Å². The number of benzene rings is 2. The fourth-order valence-electron chi connectivity index (χ4n) is 1.63. The van der Waals surface area contributed by atoms with Gasteiger partial charge in [-0.15, -0.1) is 0 Å². The van der Waals surface area contributed by atoms with Gasteiger partial charge in [-0.2, -0.15) is 0 Å². The van der Waals surface area contributed by atoms with Crippen molar-refractivity contribution >= 4 is 5.69 Å². The molecule has 0 aliphatic rings. The molecule has 0 amide bonds. The SMILES string of the molecule is COc1ccc(N)cc1COc1cccc(F)c1. The molecule has 0 aliphatic carbocycles. The van der Waals surface area contributed by atoms with Crippen LogP contribution in [0.15, 0.2) is 42.5 Å². The molecule has 0 unspecified atom stereocenters. The maximum atomic E-state index is 13.0. The first-order chi connectivity index (χ1) is 8.69. The fraction of sp³-hybridized carbons (Fsp3) is 0.143. The third-order valence-electron chi connectivity index (χ3n) is 2.49. The second-order valence-electron chi connectivity index (χ2n) is 3.82. The Bertz CT molecular complexity index is 543. The smallest absolute Gasteiger partial charge is 0.126 e. The highest BCUT2D eigenvalue weighted by Crippen LogP contribution is 2.23. The van der Waals surface area contributed by atoms with Gasteiger partial charge in [0.2, 0.25) is 0 Å². The number of nitrogen functional groups attached to an aromatic ring is 1. The molecule has 0 bridgehead atoms. The van der Waals surface area contributed by atoms with Gasteiger partial charge in [0.05, 0.1) is 7.11 Å². The van der Waals surface area contributed by atoms with Gasteiger partial charge in [0.25, 0.3) is 0 Å². The van der Waals surface area contributed by atoms with E-state index in [2.05, 4.69) is 0 Å². The molecule has 0 heterocycles. The first-order valence-electron chi connectivity index (χ1n) is 5.50. The van der Waals surface area contributed by atoms with Crippen molar-refractivity contribution in [1.29, 1.82) is 0 Å². The molecule has 0 fully saturated rings. The molecular weight excluding hydrogens is 233 g/mol. The number of halogens is 1. The monoisotopic (exact) mass is 247 g/mol. The van der Waals surface area contributed by atoms with Crippen LogP contribution in [0.4, 0.5) is 10.1 Å². The number of ether oxygens (including phenoxy) is 2. The first-order valence-corrected chi connectivity index (χ1v) is 5.50. The van der Waals surface area contributed by atoms with Crippen molar-refractivity contribution in [2.24, 2.45) is 0 Å². The predicted octanol–water partition coefficient (Wildman–Crippen LogP) is 3.00. The lowest BCUT2D eigenvalue weighted by Crippen LogP contribution is -2.00. The second kappa shape index (κ2) is 5.40. The highest BCUT2D eigenvalue weighted by Gasteiger charge is 2.05. The molecule has 0 radical (unpaired) electrons. The maximum absolute atomic E-state index is 13.0. The maximum Gasteiger partial charge on any atom is 0.126 e. The van der Waals surface area contributed by atoms with E-state index in [-0.39, 0.29) is 12.4 Å². The highest BCUT2D eigenvalue weighted by atomic mass is 19.1. The van der Waals surface area contributed by atoms with Gasteiger partial charge in [0.1, 0.15) is 23.9 Å². The Balaban J connectivity index is 2.12. The Morgan fingerprint density at radius 3 is 2.72 bits per heavy atom. The third kappa shape index (κ3) is 2.91. The van der Waals surface area contributed by atoms with Crippen LogP contribution in [0.5, 0.6) is 11.5 Å².